The summed E-state index contributed by atoms with van der Waals surface area (Å²) in [6.07, 6.45) is 1.39. The van der Waals surface area contributed by atoms with Gasteiger partial charge in [-0.3, -0.25) is 0 Å². The Morgan fingerprint density at radius 3 is 2.83 bits per heavy atom. The number of hydrogen-bond donors (Lipinski definition) is 2. The lowest BCUT2D eigenvalue weighted by Gasteiger charge is -2.15. The maximum absolute atomic E-state index is 12.2. The van der Waals surface area contributed by atoms with Crippen molar-refractivity contribution in [2.24, 2.45) is 0 Å². The number of aliphatic hydroxyl groups excluding tert-OH is 1. The first-order valence-corrected chi connectivity index (χ1v) is 7.68. The van der Waals surface area contributed by atoms with E-state index in [4.69, 9.17) is 5.11 Å². The van der Waals surface area contributed by atoms with E-state index in [0.717, 1.165) is 5.56 Å². The number of nitrogens with zero attached hydrogens (tertiary/aromatic N) is 1. The van der Waals surface area contributed by atoms with E-state index < -0.39 is 10.0 Å². The van der Waals surface area contributed by atoms with Crippen molar-refractivity contribution in [3.63, 3.8) is 0 Å². The van der Waals surface area contributed by atoms with E-state index in [1.807, 2.05) is 16.8 Å². The second kappa shape index (κ2) is 5.23. The van der Waals surface area contributed by atoms with Gasteiger partial charge in [-0.2, -0.15) is 15.6 Å². The van der Waals surface area contributed by atoms with Crippen LogP contribution < -0.4 is 0 Å². The van der Waals surface area contributed by atoms with Crippen molar-refractivity contribution < 1.29 is 13.5 Å². The van der Waals surface area contributed by atoms with E-state index in [2.05, 4.69) is 4.98 Å². The molecule has 0 radical (unpaired) electrons. The van der Waals surface area contributed by atoms with Crippen LogP contribution in [0, 0.1) is 0 Å². The Kier molecular flexibility index (Phi) is 3.86. The van der Waals surface area contributed by atoms with Crippen molar-refractivity contribution in [2.45, 2.75) is 18.0 Å². The molecule has 0 aliphatic heterocycles. The Balaban J connectivity index is 2.19. The maximum Gasteiger partial charge on any atom is 0.244 e. The van der Waals surface area contributed by atoms with Gasteiger partial charge >= 0.3 is 0 Å². The number of hydrogen-bond acceptors (Lipinski definition) is 4. The molecule has 0 aliphatic carbocycles. The number of nitrogens with one attached hydrogen (secondary N) is 1. The normalized spacial score (nSPS) is 12.2. The van der Waals surface area contributed by atoms with Crippen LogP contribution in [0.4, 0.5) is 0 Å². The molecule has 0 saturated heterocycles. The van der Waals surface area contributed by atoms with Gasteiger partial charge in [0.2, 0.25) is 10.0 Å². The van der Waals surface area contributed by atoms with Crippen molar-refractivity contribution in [2.75, 3.05) is 7.05 Å². The minimum absolute atomic E-state index is 0.171. The number of thiophene rings is 1. The van der Waals surface area contributed by atoms with Crippen LogP contribution in [0.5, 0.6) is 0 Å². The zero-order valence-electron chi connectivity index (χ0n) is 9.83. The molecule has 2 aromatic heterocycles. The zero-order valence-corrected chi connectivity index (χ0v) is 11.5. The fourth-order valence-electron chi connectivity index (χ4n) is 1.56. The predicted octanol–water partition coefficient (Wildman–Crippen LogP) is 1.39. The van der Waals surface area contributed by atoms with Gasteiger partial charge in [-0.1, -0.05) is 0 Å². The van der Waals surface area contributed by atoms with Crippen LogP contribution in [0.3, 0.4) is 0 Å². The molecule has 5 nitrogen and oxygen atoms in total. The first kappa shape index (κ1) is 13.3. The molecule has 2 aromatic rings. The van der Waals surface area contributed by atoms with E-state index in [1.165, 1.54) is 27.9 Å². The molecule has 0 aromatic carbocycles. The van der Waals surface area contributed by atoms with E-state index in [1.54, 1.807) is 7.05 Å². The summed E-state index contributed by atoms with van der Waals surface area (Å²) >= 11 is 1.54. The molecule has 98 valence electrons. The van der Waals surface area contributed by atoms with E-state index in [-0.39, 0.29) is 11.5 Å². The van der Waals surface area contributed by atoms with Crippen LogP contribution in [0.15, 0.2) is 34.0 Å². The lowest BCUT2D eigenvalue weighted by Crippen LogP contribution is -2.25. The quantitative estimate of drug-likeness (QED) is 0.872. The lowest BCUT2D eigenvalue weighted by atomic mass is 10.3. The van der Waals surface area contributed by atoms with Crippen molar-refractivity contribution >= 4 is 21.4 Å². The molecule has 0 amide bonds. The predicted molar refractivity (Wildman–Crippen MR) is 69.7 cm³/mol. The second-order valence-electron chi connectivity index (χ2n) is 3.91. The van der Waals surface area contributed by atoms with Crippen LogP contribution in [0.1, 0.15) is 11.3 Å². The van der Waals surface area contributed by atoms with Crippen molar-refractivity contribution in [1.82, 2.24) is 9.29 Å². The first-order valence-electron chi connectivity index (χ1n) is 5.29. The lowest BCUT2D eigenvalue weighted by molar-refractivity contribution is 0.277. The highest BCUT2D eigenvalue weighted by molar-refractivity contribution is 7.89. The molecule has 0 aliphatic rings. The second-order valence-corrected chi connectivity index (χ2v) is 6.74. The van der Waals surface area contributed by atoms with Crippen molar-refractivity contribution in [1.29, 1.82) is 0 Å². The molecule has 7 heteroatoms. The minimum atomic E-state index is -3.51. The molecule has 2 N–H and O–H groups in total. The summed E-state index contributed by atoms with van der Waals surface area (Å²) in [5.74, 6) is 0. The molecule has 0 saturated carbocycles. The fraction of sp³-hybridized carbons (Fsp3) is 0.273. The largest absolute Gasteiger partial charge is 0.390 e. The standard InChI is InChI=1S/C11H14N2O3S2/c1-13(6-9-2-3-17-8-9)18(15,16)11-4-10(7-14)12-5-11/h2-5,8,12,14H,6-7H2,1H3. The van der Waals surface area contributed by atoms with E-state index in [0.29, 0.717) is 12.2 Å². The van der Waals surface area contributed by atoms with Gasteiger partial charge in [0.1, 0.15) is 0 Å². The molecular formula is C11H14N2O3S2. The fourth-order valence-corrected chi connectivity index (χ4v) is 3.40. The average molecular weight is 286 g/mol. The molecule has 18 heavy (non-hydrogen) atoms. The van der Waals surface area contributed by atoms with Gasteiger partial charge in [0.15, 0.2) is 0 Å². The third-order valence-electron chi connectivity index (χ3n) is 2.58. The van der Waals surface area contributed by atoms with Crippen molar-refractivity contribution in [3.05, 3.63) is 40.3 Å². The third-order valence-corrected chi connectivity index (χ3v) is 5.09. The topological polar surface area (TPSA) is 73.4 Å². The monoisotopic (exact) mass is 286 g/mol. The van der Waals surface area contributed by atoms with Crippen LogP contribution >= 0.6 is 11.3 Å². The number of aliphatic hydroxyl groups is 1. The van der Waals surface area contributed by atoms with Crippen LogP contribution in [0.2, 0.25) is 0 Å². The Hall–Kier alpha value is -1.15. The Morgan fingerprint density at radius 2 is 2.28 bits per heavy atom. The molecule has 2 rings (SSSR count). The summed E-state index contributed by atoms with van der Waals surface area (Å²) in [4.78, 5) is 2.89. The molecule has 0 bridgehead atoms. The first-order chi connectivity index (χ1) is 8.54. The van der Waals surface area contributed by atoms with E-state index in [9.17, 15) is 8.42 Å². The summed E-state index contributed by atoms with van der Waals surface area (Å²) in [6.45, 7) is 0.134. The van der Waals surface area contributed by atoms with Crippen LogP contribution in [0.25, 0.3) is 0 Å². The zero-order chi connectivity index (χ0) is 13.2. The SMILES string of the molecule is CN(Cc1ccsc1)S(=O)(=O)c1c[nH]c(CO)c1. The summed E-state index contributed by atoms with van der Waals surface area (Å²) in [6, 6.07) is 3.34. The maximum atomic E-state index is 12.2. The number of aromatic amines is 1. The van der Waals surface area contributed by atoms with Gasteiger partial charge in [0.05, 0.1) is 11.5 Å². The highest BCUT2D eigenvalue weighted by Gasteiger charge is 2.22. The van der Waals surface area contributed by atoms with Gasteiger partial charge in [0.25, 0.3) is 0 Å². The van der Waals surface area contributed by atoms with Gasteiger partial charge in [-0.15, -0.1) is 0 Å². The summed E-state index contributed by atoms with van der Waals surface area (Å²) in [5.41, 5.74) is 1.45. The summed E-state index contributed by atoms with van der Waals surface area (Å²) in [7, 11) is -1.97. The van der Waals surface area contributed by atoms with Gasteiger partial charge in [-0.25, -0.2) is 8.42 Å². The smallest absolute Gasteiger partial charge is 0.244 e. The van der Waals surface area contributed by atoms with Crippen molar-refractivity contribution in [3.8, 4) is 0 Å². The molecule has 0 fully saturated rings. The molecule has 2 heterocycles. The molecular weight excluding hydrogens is 272 g/mol. The molecule has 0 spiro atoms. The Morgan fingerprint density at radius 1 is 1.50 bits per heavy atom. The number of rotatable bonds is 5. The minimum Gasteiger partial charge on any atom is -0.390 e. The Labute approximate surface area is 110 Å². The summed E-state index contributed by atoms with van der Waals surface area (Å²) in [5, 5.41) is 12.8. The van der Waals surface area contributed by atoms with Gasteiger partial charge in [-0.05, 0) is 28.5 Å². The van der Waals surface area contributed by atoms with Gasteiger partial charge in [0, 0.05) is 25.5 Å². The molecule has 0 atom stereocenters. The van der Waals surface area contributed by atoms with Crippen LogP contribution in [-0.4, -0.2) is 29.9 Å². The highest BCUT2D eigenvalue weighted by Crippen LogP contribution is 2.18. The Bertz CT molecular complexity index is 602. The average Bonchev–Trinajstić information content (AvgIpc) is 2.99. The number of H-pyrrole nitrogens is 1. The highest BCUT2D eigenvalue weighted by atomic mass is 32.2. The van der Waals surface area contributed by atoms with Crippen LogP contribution in [-0.2, 0) is 23.2 Å². The summed E-state index contributed by atoms with van der Waals surface area (Å²) < 4.78 is 25.7. The number of sulfonamides is 1. The third kappa shape index (κ3) is 2.64. The number of aromatic nitrogens is 1. The van der Waals surface area contributed by atoms with E-state index >= 15 is 0 Å². The van der Waals surface area contributed by atoms with Gasteiger partial charge < -0.3 is 10.1 Å². The molecule has 0 unspecified atom stereocenters.